The highest BCUT2D eigenvalue weighted by molar-refractivity contribution is 6.51. The first-order valence-electron chi connectivity index (χ1n) is 8.79. The van der Waals surface area contributed by atoms with Crippen molar-refractivity contribution < 1.29 is 9.59 Å². The Labute approximate surface area is 168 Å². The largest absolute Gasteiger partial charge is 0.347 e. The van der Waals surface area contributed by atoms with Crippen molar-refractivity contribution in [3.05, 3.63) is 113 Å². The predicted molar refractivity (Wildman–Crippen MR) is 111 cm³/mol. The van der Waals surface area contributed by atoms with E-state index >= 15 is 0 Å². The number of benzene rings is 3. The number of carbonyl (C=O) groups excluding carboxylic acids is 2. The Morgan fingerprint density at radius 3 is 1.79 bits per heavy atom. The number of hydrogen-bond donors (Lipinski definition) is 2. The smallest absolute Gasteiger partial charge is 0.269 e. The highest BCUT2D eigenvalue weighted by Gasteiger charge is 2.19. The van der Waals surface area contributed by atoms with Gasteiger partial charge in [-0.1, -0.05) is 90.5 Å². The fraction of sp³-hybridized carbons (Fsp3) is 0.0435. The molecule has 0 aliphatic carbocycles. The molecule has 2 amide bonds. The molecule has 0 fully saturated rings. The second kappa shape index (κ2) is 9.53. The Morgan fingerprint density at radius 2 is 1.21 bits per heavy atom. The normalized spacial score (nSPS) is 11.3. The van der Waals surface area contributed by atoms with Gasteiger partial charge in [0.25, 0.3) is 11.8 Å². The van der Waals surface area contributed by atoms with Crippen LogP contribution in [-0.4, -0.2) is 11.8 Å². The average molecular weight is 391 g/mol. The van der Waals surface area contributed by atoms with Crippen molar-refractivity contribution in [2.24, 2.45) is 0 Å². The van der Waals surface area contributed by atoms with E-state index in [9.17, 15) is 9.59 Å². The minimum Gasteiger partial charge on any atom is -0.347 e. The van der Waals surface area contributed by atoms with Crippen LogP contribution in [0.2, 0.25) is 0 Å². The van der Waals surface area contributed by atoms with Gasteiger partial charge in [-0.15, -0.1) is 0 Å². The molecule has 0 aliphatic rings. The first-order valence-corrected chi connectivity index (χ1v) is 9.16. The third-order valence-corrected chi connectivity index (χ3v) is 4.45. The lowest BCUT2D eigenvalue weighted by Crippen LogP contribution is -2.35. The van der Waals surface area contributed by atoms with Crippen molar-refractivity contribution in [1.29, 1.82) is 0 Å². The number of carbonyl (C=O) groups is 2. The molecule has 0 bridgehead atoms. The van der Waals surface area contributed by atoms with Crippen LogP contribution in [-0.2, 0) is 11.3 Å². The van der Waals surface area contributed by atoms with Crippen molar-refractivity contribution in [3.8, 4) is 0 Å². The van der Waals surface area contributed by atoms with Crippen LogP contribution in [0.3, 0.4) is 0 Å². The Kier molecular flexibility index (Phi) is 6.60. The Bertz CT molecular complexity index is 971. The zero-order chi connectivity index (χ0) is 19.8. The summed E-state index contributed by atoms with van der Waals surface area (Å²) in [5.74, 6) is -0.860. The summed E-state index contributed by atoms with van der Waals surface area (Å²) in [6.07, 6.45) is 0. The van der Waals surface area contributed by atoms with Crippen LogP contribution >= 0.6 is 11.6 Å². The monoisotopic (exact) mass is 390 g/mol. The van der Waals surface area contributed by atoms with E-state index < -0.39 is 11.8 Å². The maximum atomic E-state index is 12.8. The van der Waals surface area contributed by atoms with Crippen LogP contribution in [0.25, 0.3) is 5.03 Å². The first kappa shape index (κ1) is 19.4. The fourth-order valence-electron chi connectivity index (χ4n) is 2.58. The molecule has 3 aromatic carbocycles. The van der Waals surface area contributed by atoms with E-state index in [1.807, 2.05) is 54.6 Å². The van der Waals surface area contributed by atoms with Gasteiger partial charge < -0.3 is 10.6 Å². The summed E-state index contributed by atoms with van der Waals surface area (Å²) < 4.78 is 0. The Hall–Kier alpha value is -3.37. The third kappa shape index (κ3) is 5.09. The van der Waals surface area contributed by atoms with E-state index in [1.54, 1.807) is 36.4 Å². The van der Waals surface area contributed by atoms with Gasteiger partial charge in [-0.2, -0.15) is 0 Å². The van der Waals surface area contributed by atoms with Gasteiger partial charge in [-0.3, -0.25) is 9.59 Å². The maximum Gasteiger partial charge on any atom is 0.269 e. The lowest BCUT2D eigenvalue weighted by Gasteiger charge is -2.13. The van der Waals surface area contributed by atoms with Crippen LogP contribution in [0.15, 0.2) is 96.7 Å². The Balaban J connectivity index is 1.86. The molecular weight excluding hydrogens is 372 g/mol. The minimum absolute atomic E-state index is 0.0117. The van der Waals surface area contributed by atoms with Gasteiger partial charge in [-0.25, -0.2) is 0 Å². The van der Waals surface area contributed by atoms with Crippen LogP contribution < -0.4 is 10.6 Å². The molecule has 0 aromatic heterocycles. The summed E-state index contributed by atoms with van der Waals surface area (Å²) in [6.45, 7) is 0.323. The molecule has 0 aliphatic heterocycles. The molecule has 4 nitrogen and oxygen atoms in total. The highest BCUT2D eigenvalue weighted by Crippen LogP contribution is 2.22. The van der Waals surface area contributed by atoms with Crippen molar-refractivity contribution in [2.45, 2.75) is 6.54 Å². The van der Waals surface area contributed by atoms with Gasteiger partial charge in [0.1, 0.15) is 5.70 Å². The summed E-state index contributed by atoms with van der Waals surface area (Å²) >= 11 is 6.48. The summed E-state index contributed by atoms with van der Waals surface area (Å²) in [7, 11) is 0. The van der Waals surface area contributed by atoms with Gasteiger partial charge in [0.05, 0.1) is 5.03 Å². The van der Waals surface area contributed by atoms with Gasteiger partial charge >= 0.3 is 0 Å². The van der Waals surface area contributed by atoms with Crippen LogP contribution in [0.1, 0.15) is 21.5 Å². The average Bonchev–Trinajstić information content (AvgIpc) is 2.77. The van der Waals surface area contributed by atoms with Crippen molar-refractivity contribution >= 4 is 28.4 Å². The van der Waals surface area contributed by atoms with E-state index in [1.165, 1.54) is 0 Å². The standard InChI is InChI=1S/C23H19ClN2O2/c24-20(18-12-6-2-7-13-18)21(26-22(27)19-14-8-3-9-15-19)23(28)25-16-17-10-4-1-5-11-17/h1-15H,16H2,(H,25,28)(H,26,27)/b21-20-. The number of rotatable bonds is 6. The molecule has 0 heterocycles. The molecule has 0 unspecified atom stereocenters. The molecule has 0 saturated carbocycles. The zero-order valence-electron chi connectivity index (χ0n) is 15.1. The summed E-state index contributed by atoms with van der Waals surface area (Å²) in [5.41, 5.74) is 2.04. The van der Waals surface area contributed by atoms with Crippen LogP contribution in [0.5, 0.6) is 0 Å². The van der Waals surface area contributed by atoms with Gasteiger partial charge in [-0.05, 0) is 23.3 Å². The minimum atomic E-state index is -0.456. The zero-order valence-corrected chi connectivity index (χ0v) is 15.8. The topological polar surface area (TPSA) is 58.2 Å². The lowest BCUT2D eigenvalue weighted by atomic mass is 10.1. The second-order valence-electron chi connectivity index (χ2n) is 6.04. The lowest BCUT2D eigenvalue weighted by molar-refractivity contribution is -0.117. The van der Waals surface area contributed by atoms with Gasteiger partial charge in [0.15, 0.2) is 0 Å². The van der Waals surface area contributed by atoms with Crippen LogP contribution in [0.4, 0.5) is 0 Å². The predicted octanol–water partition coefficient (Wildman–Crippen LogP) is 4.34. The highest BCUT2D eigenvalue weighted by atomic mass is 35.5. The summed E-state index contributed by atoms with van der Waals surface area (Å²) in [5, 5.41) is 5.65. The number of amides is 2. The SMILES string of the molecule is O=C(NCc1ccccc1)/C(NC(=O)c1ccccc1)=C(/Cl)c1ccccc1. The fourth-order valence-corrected chi connectivity index (χ4v) is 2.84. The van der Waals surface area contributed by atoms with Crippen molar-refractivity contribution in [3.63, 3.8) is 0 Å². The van der Waals surface area contributed by atoms with Crippen molar-refractivity contribution in [1.82, 2.24) is 10.6 Å². The molecule has 2 N–H and O–H groups in total. The van der Waals surface area contributed by atoms with E-state index in [0.29, 0.717) is 17.7 Å². The molecule has 0 saturated heterocycles. The first-order chi connectivity index (χ1) is 13.6. The third-order valence-electron chi connectivity index (χ3n) is 4.04. The van der Waals surface area contributed by atoms with Gasteiger partial charge in [0.2, 0.25) is 0 Å². The maximum absolute atomic E-state index is 12.8. The summed E-state index contributed by atoms with van der Waals surface area (Å²) in [6, 6.07) is 27.2. The second-order valence-corrected chi connectivity index (χ2v) is 6.42. The molecule has 3 rings (SSSR count). The number of halogens is 1. The molecule has 0 atom stereocenters. The van der Waals surface area contributed by atoms with E-state index in [4.69, 9.17) is 11.6 Å². The molecule has 3 aromatic rings. The molecule has 0 radical (unpaired) electrons. The molecule has 140 valence electrons. The summed E-state index contributed by atoms with van der Waals surface area (Å²) in [4.78, 5) is 25.4. The number of hydrogen-bond acceptors (Lipinski definition) is 2. The molecular formula is C23H19ClN2O2. The molecule has 5 heteroatoms. The molecule has 0 spiro atoms. The van der Waals surface area contributed by atoms with Crippen molar-refractivity contribution in [2.75, 3.05) is 0 Å². The molecule has 28 heavy (non-hydrogen) atoms. The quantitative estimate of drug-likeness (QED) is 0.615. The van der Waals surface area contributed by atoms with Crippen LogP contribution in [0, 0.1) is 0 Å². The van der Waals surface area contributed by atoms with E-state index in [0.717, 1.165) is 5.56 Å². The van der Waals surface area contributed by atoms with E-state index in [2.05, 4.69) is 10.6 Å². The Morgan fingerprint density at radius 1 is 0.714 bits per heavy atom. The van der Waals surface area contributed by atoms with Gasteiger partial charge in [0, 0.05) is 12.1 Å². The number of nitrogens with one attached hydrogen (secondary N) is 2. The van der Waals surface area contributed by atoms with E-state index in [-0.39, 0.29) is 10.7 Å².